The Labute approximate surface area is 255 Å². The Balaban J connectivity index is 1.20. The van der Waals surface area contributed by atoms with Crippen LogP contribution in [0, 0.1) is 12.7 Å². The van der Waals surface area contributed by atoms with Crippen molar-refractivity contribution in [2.24, 2.45) is 0 Å². The summed E-state index contributed by atoms with van der Waals surface area (Å²) in [6.45, 7) is 8.62. The van der Waals surface area contributed by atoms with Crippen LogP contribution in [0.3, 0.4) is 0 Å². The largest absolute Gasteiger partial charge is 0.486 e. The highest BCUT2D eigenvalue weighted by atomic mass is 19.1. The molecule has 230 valence electrons. The number of halogens is 1. The monoisotopic (exact) mass is 600 g/mol. The average Bonchev–Trinajstić information content (AvgIpc) is 3.67. The molecule has 1 aromatic heterocycles. The fourth-order valence-corrected chi connectivity index (χ4v) is 6.05. The standard InChI is InChI=1S/C34H37FN4O5/c1-20(2)39-29-17-24(10-11-26(29)21(3)37-39)22-6-8-23(9-7-22)32(41)34(42)36-28(19-38-12-4-5-13-38)31(40)25-16-27(35)33-30(18-25)43-14-15-44-33/h6-11,16-18,20,28,31,40H,4-5,12-15,19H2,1-3H3,(H,36,42). The lowest BCUT2D eigenvalue weighted by molar-refractivity contribution is -0.118. The van der Waals surface area contributed by atoms with Gasteiger partial charge >= 0.3 is 0 Å². The smallest absolute Gasteiger partial charge is 0.292 e. The Hall–Kier alpha value is -4.28. The van der Waals surface area contributed by atoms with E-state index in [0.29, 0.717) is 6.54 Å². The third-order valence-corrected chi connectivity index (χ3v) is 8.38. The van der Waals surface area contributed by atoms with Crippen molar-refractivity contribution in [1.29, 1.82) is 0 Å². The fourth-order valence-electron chi connectivity index (χ4n) is 6.05. The number of carbonyl (C=O) groups excluding carboxylic acids is 2. The number of aryl methyl sites for hydroxylation is 1. The van der Waals surface area contributed by atoms with Gasteiger partial charge in [-0.1, -0.05) is 36.4 Å². The van der Waals surface area contributed by atoms with E-state index in [2.05, 4.69) is 41.3 Å². The van der Waals surface area contributed by atoms with E-state index in [-0.39, 0.29) is 41.9 Å². The molecule has 2 N–H and O–H groups in total. The van der Waals surface area contributed by atoms with Gasteiger partial charge in [-0.3, -0.25) is 14.3 Å². The minimum Gasteiger partial charge on any atom is -0.486 e. The van der Waals surface area contributed by atoms with Crippen LogP contribution in [0.15, 0.2) is 54.6 Å². The highest BCUT2D eigenvalue weighted by molar-refractivity contribution is 6.42. The molecule has 2 aliphatic rings. The van der Waals surface area contributed by atoms with Crippen LogP contribution in [-0.4, -0.2) is 70.4 Å². The number of hydrogen-bond acceptors (Lipinski definition) is 7. The van der Waals surface area contributed by atoms with Crippen LogP contribution in [0.4, 0.5) is 4.39 Å². The van der Waals surface area contributed by atoms with Crippen molar-refractivity contribution < 1.29 is 28.6 Å². The van der Waals surface area contributed by atoms with Crippen molar-refractivity contribution in [1.82, 2.24) is 20.0 Å². The number of carbonyl (C=O) groups is 2. The summed E-state index contributed by atoms with van der Waals surface area (Å²) >= 11 is 0. The summed E-state index contributed by atoms with van der Waals surface area (Å²) in [6.07, 6.45) is 0.734. The zero-order valence-electron chi connectivity index (χ0n) is 25.2. The number of amides is 1. The molecule has 0 spiro atoms. The Morgan fingerprint density at radius 2 is 1.70 bits per heavy atom. The molecular formula is C34H37FN4O5. The first-order valence-corrected chi connectivity index (χ1v) is 15.1. The lowest BCUT2D eigenvalue weighted by atomic mass is 9.99. The molecule has 1 saturated heterocycles. The van der Waals surface area contributed by atoms with E-state index in [1.54, 1.807) is 12.1 Å². The summed E-state index contributed by atoms with van der Waals surface area (Å²) in [6, 6.07) is 15.1. The number of benzene rings is 3. The molecule has 2 atom stereocenters. The van der Waals surface area contributed by atoms with Crippen LogP contribution in [-0.2, 0) is 4.79 Å². The summed E-state index contributed by atoms with van der Waals surface area (Å²) in [4.78, 5) is 28.6. The molecule has 2 unspecified atom stereocenters. The van der Waals surface area contributed by atoms with E-state index in [1.165, 1.54) is 12.1 Å². The lowest BCUT2D eigenvalue weighted by Crippen LogP contribution is -2.48. The second-order valence-corrected chi connectivity index (χ2v) is 11.8. The number of aromatic nitrogens is 2. The normalized spacial score (nSPS) is 16.3. The summed E-state index contributed by atoms with van der Waals surface area (Å²) in [5.74, 6) is -1.99. The molecule has 4 aromatic rings. The number of aliphatic hydroxyl groups excluding tert-OH is 1. The molecule has 1 fully saturated rings. The summed E-state index contributed by atoms with van der Waals surface area (Å²) in [5.41, 5.74) is 4.35. The van der Waals surface area contributed by atoms with E-state index in [0.717, 1.165) is 53.7 Å². The van der Waals surface area contributed by atoms with Gasteiger partial charge in [0.2, 0.25) is 5.78 Å². The molecule has 0 bridgehead atoms. The van der Waals surface area contributed by atoms with Gasteiger partial charge in [-0.25, -0.2) is 4.39 Å². The van der Waals surface area contributed by atoms with Crippen molar-refractivity contribution in [2.45, 2.75) is 51.8 Å². The summed E-state index contributed by atoms with van der Waals surface area (Å²) < 4.78 is 27.7. The second-order valence-electron chi connectivity index (χ2n) is 11.8. The van der Waals surface area contributed by atoms with Crippen molar-refractivity contribution >= 4 is 22.6 Å². The number of Topliss-reactive ketones (excluding diaryl/α,β-unsaturated/α-hetero) is 1. The Kier molecular flexibility index (Phi) is 8.38. The van der Waals surface area contributed by atoms with Gasteiger partial charge in [0, 0.05) is 23.5 Å². The highest BCUT2D eigenvalue weighted by Crippen LogP contribution is 2.36. The molecule has 6 rings (SSSR count). The van der Waals surface area contributed by atoms with E-state index in [9.17, 15) is 19.1 Å². The van der Waals surface area contributed by atoms with Gasteiger partial charge < -0.3 is 24.8 Å². The number of nitrogens with zero attached hydrogens (tertiary/aromatic N) is 3. The Bertz CT molecular complexity index is 1690. The molecule has 1 amide bonds. The quantitative estimate of drug-likeness (QED) is 0.206. The average molecular weight is 601 g/mol. The molecule has 0 saturated carbocycles. The predicted molar refractivity (Wildman–Crippen MR) is 165 cm³/mol. The third-order valence-electron chi connectivity index (χ3n) is 8.38. The number of rotatable bonds is 9. The zero-order valence-corrected chi connectivity index (χ0v) is 25.2. The first-order chi connectivity index (χ1) is 21.2. The van der Waals surface area contributed by atoms with Crippen LogP contribution in [0.5, 0.6) is 11.5 Å². The number of aliphatic hydroxyl groups is 1. The van der Waals surface area contributed by atoms with E-state index >= 15 is 0 Å². The molecule has 3 aromatic carbocycles. The van der Waals surface area contributed by atoms with Crippen LogP contribution >= 0.6 is 0 Å². The van der Waals surface area contributed by atoms with E-state index in [1.807, 2.05) is 29.8 Å². The first-order valence-electron chi connectivity index (χ1n) is 15.1. The highest BCUT2D eigenvalue weighted by Gasteiger charge is 2.31. The van der Waals surface area contributed by atoms with Gasteiger partial charge in [-0.05, 0) is 81.6 Å². The van der Waals surface area contributed by atoms with Gasteiger partial charge in [0.1, 0.15) is 19.3 Å². The Morgan fingerprint density at radius 1 is 1.00 bits per heavy atom. The topological polar surface area (TPSA) is 106 Å². The molecule has 0 aliphatic carbocycles. The van der Waals surface area contributed by atoms with E-state index < -0.39 is 29.7 Å². The Morgan fingerprint density at radius 3 is 2.43 bits per heavy atom. The zero-order chi connectivity index (χ0) is 31.0. The van der Waals surface area contributed by atoms with Crippen molar-refractivity contribution in [3.8, 4) is 22.6 Å². The number of fused-ring (bicyclic) bond motifs is 2. The molecule has 3 heterocycles. The second kappa shape index (κ2) is 12.4. The molecule has 2 aliphatic heterocycles. The third kappa shape index (κ3) is 5.92. The number of ether oxygens (including phenoxy) is 2. The lowest BCUT2D eigenvalue weighted by Gasteiger charge is -2.29. The van der Waals surface area contributed by atoms with Crippen LogP contribution in [0.25, 0.3) is 22.0 Å². The number of likely N-dealkylation sites (tertiary alicyclic amines) is 1. The van der Waals surface area contributed by atoms with Crippen LogP contribution < -0.4 is 14.8 Å². The van der Waals surface area contributed by atoms with E-state index in [4.69, 9.17) is 9.47 Å². The van der Waals surface area contributed by atoms with Crippen LogP contribution in [0.2, 0.25) is 0 Å². The number of nitrogens with one attached hydrogen (secondary N) is 1. The first kappa shape index (κ1) is 29.8. The maximum atomic E-state index is 14.8. The maximum Gasteiger partial charge on any atom is 0.292 e. The van der Waals surface area contributed by atoms with Crippen LogP contribution in [0.1, 0.15) is 60.5 Å². The summed E-state index contributed by atoms with van der Waals surface area (Å²) in [7, 11) is 0. The van der Waals surface area contributed by atoms with Crippen molar-refractivity contribution in [3.05, 3.63) is 77.2 Å². The number of ketones is 1. The SMILES string of the molecule is Cc1nn(C(C)C)c2cc(-c3ccc(C(=O)C(=O)NC(CN4CCCC4)C(O)c4cc(F)c5c(c4)OCCO5)cc3)ccc12. The van der Waals surface area contributed by atoms with Gasteiger partial charge in [-0.2, -0.15) is 5.10 Å². The molecule has 0 radical (unpaired) electrons. The number of hydrogen-bond donors (Lipinski definition) is 2. The van der Waals surface area contributed by atoms with Crippen molar-refractivity contribution in [2.75, 3.05) is 32.8 Å². The molecular weight excluding hydrogens is 563 g/mol. The summed E-state index contributed by atoms with van der Waals surface area (Å²) in [5, 5.41) is 19.8. The molecule has 10 heteroatoms. The predicted octanol–water partition coefficient (Wildman–Crippen LogP) is 5.00. The maximum absolute atomic E-state index is 14.8. The minimum atomic E-state index is -1.28. The van der Waals surface area contributed by atoms with Gasteiger partial charge in [0.05, 0.1) is 17.3 Å². The van der Waals surface area contributed by atoms with Gasteiger partial charge in [-0.15, -0.1) is 0 Å². The molecule has 9 nitrogen and oxygen atoms in total. The van der Waals surface area contributed by atoms with Crippen molar-refractivity contribution in [3.63, 3.8) is 0 Å². The van der Waals surface area contributed by atoms with Gasteiger partial charge in [0.25, 0.3) is 5.91 Å². The molecule has 44 heavy (non-hydrogen) atoms. The fraction of sp³-hybridized carbons (Fsp3) is 0.382. The minimum absolute atomic E-state index is 0.00605. The van der Waals surface area contributed by atoms with Gasteiger partial charge in [0.15, 0.2) is 17.3 Å².